The highest BCUT2D eigenvalue weighted by Crippen LogP contribution is 2.17. The number of rotatable bonds is 5. The number of nitrogens with two attached hydrogens (primary N) is 1. The van der Waals surface area contributed by atoms with Gasteiger partial charge < -0.3 is 20.7 Å². The van der Waals surface area contributed by atoms with Crippen LogP contribution in [0, 0.1) is 0 Å². The molecule has 1 aromatic carbocycles. The predicted octanol–water partition coefficient (Wildman–Crippen LogP) is 0.861. The van der Waals surface area contributed by atoms with E-state index in [-0.39, 0.29) is 30.8 Å². The van der Waals surface area contributed by atoms with E-state index in [2.05, 4.69) is 5.32 Å². The van der Waals surface area contributed by atoms with E-state index in [4.69, 9.17) is 10.5 Å². The lowest BCUT2D eigenvalue weighted by molar-refractivity contribution is -0.130. The van der Waals surface area contributed by atoms with Gasteiger partial charge in [-0.25, -0.2) is 0 Å². The average molecular weight is 302 g/mol. The Balaban J connectivity index is 0.00000361. The molecule has 1 rings (SSSR count). The minimum atomic E-state index is -0.583. The minimum Gasteiger partial charge on any atom is -0.484 e. The zero-order valence-electron chi connectivity index (χ0n) is 11.8. The second kappa shape index (κ2) is 8.39. The van der Waals surface area contributed by atoms with Crippen LogP contribution in [0.2, 0.25) is 0 Å². The summed E-state index contributed by atoms with van der Waals surface area (Å²) in [4.78, 5) is 24.3. The summed E-state index contributed by atoms with van der Waals surface area (Å²) in [5, 5.41) is 2.65. The van der Waals surface area contributed by atoms with Crippen molar-refractivity contribution in [2.75, 3.05) is 26.0 Å². The number of nitrogens with zero attached hydrogens (tertiary/aromatic N) is 1. The number of anilines is 1. The Kier molecular flexibility index (Phi) is 7.64. The molecule has 0 fully saturated rings. The fourth-order valence-corrected chi connectivity index (χ4v) is 1.19. The number of benzene rings is 1. The van der Waals surface area contributed by atoms with Crippen molar-refractivity contribution >= 4 is 29.9 Å². The molecule has 3 N–H and O–H groups in total. The van der Waals surface area contributed by atoms with Crippen LogP contribution in [0.3, 0.4) is 0 Å². The summed E-state index contributed by atoms with van der Waals surface area (Å²) >= 11 is 0. The standard InChI is InChI=1S/C13H19N3O3.ClH/c1-9(14)13(18)15-10-5-4-6-11(7-10)19-8-12(17)16(2)3;/h4-7,9H,8,14H2,1-3H3,(H,15,18);1H/t9-;/m0./s1. The Hall–Kier alpha value is -1.79. The van der Waals surface area contributed by atoms with Crippen LogP contribution in [0.5, 0.6) is 5.75 Å². The summed E-state index contributed by atoms with van der Waals surface area (Å²) in [5.74, 6) is 0.101. The first kappa shape index (κ1) is 18.2. The summed E-state index contributed by atoms with van der Waals surface area (Å²) in [6, 6.07) is 6.22. The topological polar surface area (TPSA) is 84.7 Å². The first-order valence-corrected chi connectivity index (χ1v) is 5.89. The van der Waals surface area contributed by atoms with Crippen molar-refractivity contribution < 1.29 is 14.3 Å². The van der Waals surface area contributed by atoms with E-state index >= 15 is 0 Å². The van der Waals surface area contributed by atoms with Crippen molar-refractivity contribution in [2.24, 2.45) is 5.73 Å². The molecule has 0 saturated carbocycles. The van der Waals surface area contributed by atoms with Crippen molar-refractivity contribution in [1.82, 2.24) is 4.90 Å². The molecule has 0 saturated heterocycles. The molecule has 0 unspecified atom stereocenters. The number of amides is 2. The molecule has 0 radical (unpaired) electrons. The largest absolute Gasteiger partial charge is 0.484 e. The number of hydrogen-bond donors (Lipinski definition) is 2. The maximum absolute atomic E-state index is 11.4. The summed E-state index contributed by atoms with van der Waals surface area (Å²) in [7, 11) is 3.32. The lowest BCUT2D eigenvalue weighted by atomic mass is 10.2. The molecule has 112 valence electrons. The van der Waals surface area contributed by atoms with Gasteiger partial charge in [0.15, 0.2) is 6.61 Å². The van der Waals surface area contributed by atoms with Gasteiger partial charge in [0.1, 0.15) is 5.75 Å². The third-order valence-corrected chi connectivity index (χ3v) is 2.38. The number of halogens is 1. The molecule has 0 aliphatic heterocycles. The van der Waals surface area contributed by atoms with Crippen LogP contribution in [-0.2, 0) is 9.59 Å². The van der Waals surface area contributed by atoms with Crippen molar-refractivity contribution in [3.05, 3.63) is 24.3 Å². The molecule has 20 heavy (non-hydrogen) atoms. The zero-order valence-corrected chi connectivity index (χ0v) is 12.6. The highest BCUT2D eigenvalue weighted by atomic mass is 35.5. The molecule has 0 aromatic heterocycles. The fraction of sp³-hybridized carbons (Fsp3) is 0.385. The lowest BCUT2D eigenvalue weighted by Crippen LogP contribution is -2.32. The van der Waals surface area contributed by atoms with E-state index in [0.717, 1.165) is 0 Å². The first-order chi connectivity index (χ1) is 8.90. The summed E-state index contributed by atoms with van der Waals surface area (Å²) in [5.41, 5.74) is 6.04. The van der Waals surface area contributed by atoms with Gasteiger partial charge in [0.2, 0.25) is 5.91 Å². The van der Waals surface area contributed by atoms with E-state index < -0.39 is 6.04 Å². The Morgan fingerprint density at radius 3 is 2.60 bits per heavy atom. The number of ether oxygens (including phenoxy) is 1. The second-order valence-corrected chi connectivity index (χ2v) is 4.38. The van der Waals surface area contributed by atoms with Crippen LogP contribution in [0.25, 0.3) is 0 Å². The van der Waals surface area contributed by atoms with Crippen molar-refractivity contribution in [3.63, 3.8) is 0 Å². The Bertz CT molecular complexity index is 464. The quantitative estimate of drug-likeness (QED) is 0.845. The molecule has 6 nitrogen and oxygen atoms in total. The third kappa shape index (κ3) is 5.90. The Labute approximate surface area is 124 Å². The van der Waals surface area contributed by atoms with Gasteiger partial charge in [-0.1, -0.05) is 6.07 Å². The molecule has 0 spiro atoms. The Morgan fingerprint density at radius 1 is 1.40 bits per heavy atom. The first-order valence-electron chi connectivity index (χ1n) is 5.89. The van der Waals surface area contributed by atoms with Gasteiger partial charge in [-0.15, -0.1) is 12.4 Å². The van der Waals surface area contributed by atoms with Crippen molar-refractivity contribution in [1.29, 1.82) is 0 Å². The number of hydrogen-bond acceptors (Lipinski definition) is 4. The molecular weight excluding hydrogens is 282 g/mol. The van der Waals surface area contributed by atoms with Crippen LogP contribution >= 0.6 is 12.4 Å². The molecule has 2 amide bonds. The van der Waals surface area contributed by atoms with Crippen LogP contribution in [-0.4, -0.2) is 43.5 Å². The predicted molar refractivity (Wildman–Crippen MR) is 80.2 cm³/mol. The van der Waals surface area contributed by atoms with Crippen molar-refractivity contribution in [3.8, 4) is 5.75 Å². The van der Waals surface area contributed by atoms with Crippen LogP contribution in [0.1, 0.15) is 6.92 Å². The molecule has 1 atom stereocenters. The molecule has 0 aliphatic rings. The van der Waals surface area contributed by atoms with Gasteiger partial charge in [0.25, 0.3) is 5.91 Å². The number of carbonyl (C=O) groups is 2. The highest BCUT2D eigenvalue weighted by molar-refractivity contribution is 5.94. The highest BCUT2D eigenvalue weighted by Gasteiger charge is 2.09. The molecule has 0 aliphatic carbocycles. The summed E-state index contributed by atoms with van der Waals surface area (Å²) in [6.45, 7) is 1.56. The Morgan fingerprint density at radius 2 is 2.05 bits per heavy atom. The van der Waals surface area contributed by atoms with Gasteiger partial charge in [0.05, 0.1) is 6.04 Å². The molecule has 0 heterocycles. The molecular formula is C13H20ClN3O3. The van der Waals surface area contributed by atoms with Gasteiger partial charge in [-0.2, -0.15) is 0 Å². The third-order valence-electron chi connectivity index (χ3n) is 2.38. The SMILES string of the molecule is C[C@H](N)C(=O)Nc1cccc(OCC(=O)N(C)C)c1.Cl. The van der Waals surface area contributed by atoms with E-state index in [1.54, 1.807) is 45.3 Å². The fourth-order valence-electron chi connectivity index (χ4n) is 1.19. The monoisotopic (exact) mass is 301 g/mol. The van der Waals surface area contributed by atoms with Gasteiger partial charge in [-0.3, -0.25) is 9.59 Å². The summed E-state index contributed by atoms with van der Waals surface area (Å²) < 4.78 is 5.34. The van der Waals surface area contributed by atoms with Crippen LogP contribution in [0.15, 0.2) is 24.3 Å². The zero-order chi connectivity index (χ0) is 14.4. The normalized spacial score (nSPS) is 11.0. The van der Waals surface area contributed by atoms with Crippen LogP contribution in [0.4, 0.5) is 5.69 Å². The van der Waals surface area contributed by atoms with Crippen molar-refractivity contribution in [2.45, 2.75) is 13.0 Å². The maximum atomic E-state index is 11.4. The second-order valence-electron chi connectivity index (χ2n) is 4.38. The van der Waals surface area contributed by atoms with E-state index in [1.807, 2.05) is 0 Å². The summed E-state index contributed by atoms with van der Waals surface area (Å²) in [6.07, 6.45) is 0. The van der Waals surface area contributed by atoms with Gasteiger partial charge >= 0.3 is 0 Å². The van der Waals surface area contributed by atoms with Crippen LogP contribution < -0.4 is 15.8 Å². The smallest absolute Gasteiger partial charge is 0.259 e. The van der Waals surface area contributed by atoms with Gasteiger partial charge in [-0.05, 0) is 19.1 Å². The molecule has 7 heteroatoms. The van der Waals surface area contributed by atoms with E-state index in [0.29, 0.717) is 11.4 Å². The average Bonchev–Trinajstić information content (AvgIpc) is 2.36. The van der Waals surface area contributed by atoms with E-state index in [9.17, 15) is 9.59 Å². The number of likely N-dealkylation sites (N-methyl/N-ethyl adjacent to an activating group) is 1. The van der Waals surface area contributed by atoms with E-state index in [1.165, 1.54) is 4.90 Å². The number of nitrogens with one attached hydrogen (secondary N) is 1. The lowest BCUT2D eigenvalue weighted by Gasteiger charge is -2.12. The molecule has 0 bridgehead atoms. The maximum Gasteiger partial charge on any atom is 0.259 e. The number of carbonyl (C=O) groups excluding carboxylic acids is 2. The molecule has 1 aromatic rings. The minimum absolute atomic E-state index is 0. The van der Waals surface area contributed by atoms with Gasteiger partial charge in [0, 0.05) is 25.8 Å².